The zero-order valence-corrected chi connectivity index (χ0v) is 18.0. The van der Waals surface area contributed by atoms with Crippen molar-refractivity contribution in [1.82, 2.24) is 10.2 Å². The summed E-state index contributed by atoms with van der Waals surface area (Å²) in [5.41, 5.74) is 2.20. The largest absolute Gasteiger partial charge is 0.343 e. The average molecular weight is 407 g/mol. The van der Waals surface area contributed by atoms with Crippen LogP contribution in [-0.2, 0) is 15.0 Å². The lowest BCUT2D eigenvalue weighted by atomic mass is 9.70. The van der Waals surface area contributed by atoms with Crippen LogP contribution in [0.5, 0.6) is 0 Å². The van der Waals surface area contributed by atoms with E-state index in [0.29, 0.717) is 37.4 Å². The highest BCUT2D eigenvalue weighted by Crippen LogP contribution is 2.36. The second-order valence-corrected chi connectivity index (χ2v) is 8.34. The smallest absolute Gasteiger partial charge is 0.251 e. The summed E-state index contributed by atoms with van der Waals surface area (Å²) in [6.07, 6.45) is 1.20. The minimum atomic E-state index is -0.528. The van der Waals surface area contributed by atoms with Gasteiger partial charge in [-0.2, -0.15) is 0 Å². The lowest BCUT2D eigenvalue weighted by Gasteiger charge is -2.40. The lowest BCUT2D eigenvalue weighted by molar-refractivity contribution is -0.134. The summed E-state index contributed by atoms with van der Waals surface area (Å²) in [6, 6.07) is 17.3. The van der Waals surface area contributed by atoms with Gasteiger partial charge in [-0.05, 0) is 48.9 Å². The molecule has 0 unspecified atom stereocenters. The van der Waals surface area contributed by atoms with E-state index in [-0.39, 0.29) is 24.1 Å². The van der Waals surface area contributed by atoms with Gasteiger partial charge in [-0.1, -0.05) is 56.3 Å². The predicted octanol–water partition coefficient (Wildman–Crippen LogP) is 3.69. The number of benzene rings is 2. The van der Waals surface area contributed by atoms with Crippen LogP contribution < -0.4 is 5.32 Å². The zero-order valence-electron chi connectivity index (χ0n) is 18.0. The molecule has 5 heteroatoms. The fraction of sp³-hybridized carbons (Fsp3) is 0.400. The van der Waals surface area contributed by atoms with Gasteiger partial charge < -0.3 is 10.2 Å². The maximum Gasteiger partial charge on any atom is 0.251 e. The summed E-state index contributed by atoms with van der Waals surface area (Å²) in [7, 11) is 0. The number of nitrogens with one attached hydrogen (secondary N) is 1. The van der Waals surface area contributed by atoms with E-state index in [1.165, 1.54) is 5.56 Å². The van der Waals surface area contributed by atoms with E-state index in [4.69, 9.17) is 0 Å². The van der Waals surface area contributed by atoms with Crippen LogP contribution in [0.2, 0.25) is 0 Å². The van der Waals surface area contributed by atoms with E-state index in [2.05, 4.69) is 19.2 Å². The first kappa shape index (κ1) is 21.8. The molecule has 1 fully saturated rings. The normalized spacial score (nSPS) is 15.7. The van der Waals surface area contributed by atoms with Crippen LogP contribution in [0.3, 0.4) is 0 Å². The SMILES string of the molecule is CC(=O)C1(c2ccccc2)CCN(C(=O)CNC(=O)c2ccc(C(C)C)cc2)CC1. The number of piperidine rings is 1. The Bertz CT molecular complexity index is 896. The van der Waals surface area contributed by atoms with E-state index in [0.717, 1.165) is 5.56 Å². The van der Waals surface area contributed by atoms with E-state index in [9.17, 15) is 14.4 Å². The van der Waals surface area contributed by atoms with Crippen LogP contribution in [0.1, 0.15) is 61.0 Å². The number of likely N-dealkylation sites (tertiary alicyclic amines) is 1. The van der Waals surface area contributed by atoms with Crippen molar-refractivity contribution in [2.75, 3.05) is 19.6 Å². The summed E-state index contributed by atoms with van der Waals surface area (Å²) in [5, 5.41) is 2.72. The Morgan fingerprint density at radius 2 is 1.57 bits per heavy atom. The molecule has 0 aliphatic carbocycles. The molecule has 0 bridgehead atoms. The Balaban J connectivity index is 1.56. The maximum atomic E-state index is 12.6. The third-order valence-electron chi connectivity index (χ3n) is 6.21. The molecular formula is C25H30N2O3. The van der Waals surface area contributed by atoms with Crippen molar-refractivity contribution in [3.63, 3.8) is 0 Å². The molecule has 1 aliphatic rings. The Hall–Kier alpha value is -2.95. The molecule has 30 heavy (non-hydrogen) atoms. The summed E-state index contributed by atoms with van der Waals surface area (Å²) < 4.78 is 0. The molecule has 3 rings (SSSR count). The van der Waals surface area contributed by atoms with E-state index in [1.54, 1.807) is 24.0 Å². The fourth-order valence-corrected chi connectivity index (χ4v) is 4.13. The molecule has 2 amide bonds. The number of nitrogens with zero attached hydrogens (tertiary/aromatic N) is 1. The number of hydrogen-bond acceptors (Lipinski definition) is 3. The third-order valence-corrected chi connectivity index (χ3v) is 6.21. The molecule has 2 aromatic rings. The maximum absolute atomic E-state index is 12.6. The van der Waals surface area contributed by atoms with Crippen LogP contribution in [0, 0.1) is 0 Å². The van der Waals surface area contributed by atoms with Gasteiger partial charge in [0.15, 0.2) is 0 Å². The van der Waals surface area contributed by atoms with Gasteiger partial charge in [0.2, 0.25) is 5.91 Å². The predicted molar refractivity (Wildman–Crippen MR) is 117 cm³/mol. The molecule has 1 N–H and O–H groups in total. The van der Waals surface area contributed by atoms with Crippen molar-refractivity contribution in [3.05, 3.63) is 71.3 Å². The number of rotatable bonds is 6. The standard InChI is InChI=1S/C25H30N2O3/c1-18(2)20-9-11-21(12-10-20)24(30)26-17-23(29)27-15-13-25(14-16-27,19(3)28)22-7-5-4-6-8-22/h4-12,18H,13-17H2,1-3H3,(H,26,30). The zero-order chi connectivity index (χ0) is 21.7. The van der Waals surface area contributed by atoms with Gasteiger partial charge in [0.1, 0.15) is 5.78 Å². The fourth-order valence-electron chi connectivity index (χ4n) is 4.13. The van der Waals surface area contributed by atoms with E-state index in [1.807, 2.05) is 42.5 Å². The van der Waals surface area contributed by atoms with Crippen LogP contribution in [0.15, 0.2) is 54.6 Å². The highest BCUT2D eigenvalue weighted by Gasteiger charge is 2.41. The number of ketones is 1. The third kappa shape index (κ3) is 4.61. The molecule has 5 nitrogen and oxygen atoms in total. The Labute approximate surface area is 178 Å². The molecule has 2 aromatic carbocycles. The number of Topliss-reactive ketones (excluding diaryl/α,β-unsaturated/α-hetero) is 1. The molecule has 1 heterocycles. The first-order valence-corrected chi connectivity index (χ1v) is 10.6. The quantitative estimate of drug-likeness (QED) is 0.796. The van der Waals surface area contributed by atoms with Crippen molar-refractivity contribution in [1.29, 1.82) is 0 Å². The van der Waals surface area contributed by atoms with Gasteiger partial charge in [0, 0.05) is 18.7 Å². The molecule has 0 saturated carbocycles. The second kappa shape index (κ2) is 9.24. The van der Waals surface area contributed by atoms with Crippen molar-refractivity contribution < 1.29 is 14.4 Å². The van der Waals surface area contributed by atoms with Gasteiger partial charge in [-0.3, -0.25) is 14.4 Å². The molecule has 0 aromatic heterocycles. The van der Waals surface area contributed by atoms with Gasteiger partial charge in [0.25, 0.3) is 5.91 Å². The van der Waals surface area contributed by atoms with E-state index >= 15 is 0 Å². The van der Waals surface area contributed by atoms with Gasteiger partial charge in [-0.15, -0.1) is 0 Å². The molecular weight excluding hydrogens is 376 g/mol. The molecule has 158 valence electrons. The first-order chi connectivity index (χ1) is 14.3. The molecule has 1 aliphatic heterocycles. The van der Waals surface area contributed by atoms with Gasteiger partial charge in [0.05, 0.1) is 12.0 Å². The Kier molecular flexibility index (Phi) is 6.70. The van der Waals surface area contributed by atoms with Crippen LogP contribution in [0.4, 0.5) is 0 Å². The average Bonchev–Trinajstić information content (AvgIpc) is 2.77. The molecule has 0 spiro atoms. The minimum Gasteiger partial charge on any atom is -0.343 e. The summed E-state index contributed by atoms with van der Waals surface area (Å²) in [6.45, 7) is 6.81. The Morgan fingerprint density at radius 1 is 0.967 bits per heavy atom. The second-order valence-electron chi connectivity index (χ2n) is 8.34. The number of carbonyl (C=O) groups excluding carboxylic acids is 3. The molecule has 0 atom stereocenters. The summed E-state index contributed by atoms with van der Waals surface area (Å²) in [5.74, 6) is 0.171. The monoisotopic (exact) mass is 406 g/mol. The first-order valence-electron chi connectivity index (χ1n) is 10.6. The van der Waals surface area contributed by atoms with Crippen molar-refractivity contribution in [2.24, 2.45) is 0 Å². The lowest BCUT2D eigenvalue weighted by Crippen LogP contribution is -2.50. The van der Waals surface area contributed by atoms with Crippen LogP contribution in [-0.4, -0.2) is 42.1 Å². The summed E-state index contributed by atoms with van der Waals surface area (Å²) in [4.78, 5) is 39.2. The number of amides is 2. The van der Waals surface area contributed by atoms with Crippen molar-refractivity contribution in [2.45, 2.75) is 44.9 Å². The van der Waals surface area contributed by atoms with E-state index < -0.39 is 5.41 Å². The van der Waals surface area contributed by atoms with Crippen LogP contribution >= 0.6 is 0 Å². The van der Waals surface area contributed by atoms with Crippen molar-refractivity contribution >= 4 is 17.6 Å². The van der Waals surface area contributed by atoms with Crippen molar-refractivity contribution in [3.8, 4) is 0 Å². The summed E-state index contributed by atoms with van der Waals surface area (Å²) >= 11 is 0. The minimum absolute atomic E-state index is 0.0385. The van der Waals surface area contributed by atoms with Gasteiger partial charge >= 0.3 is 0 Å². The topological polar surface area (TPSA) is 66.5 Å². The van der Waals surface area contributed by atoms with Gasteiger partial charge in [-0.25, -0.2) is 0 Å². The highest BCUT2D eigenvalue weighted by molar-refractivity contribution is 5.96. The molecule has 0 radical (unpaired) electrons. The Morgan fingerprint density at radius 3 is 2.10 bits per heavy atom. The highest BCUT2D eigenvalue weighted by atomic mass is 16.2. The number of carbonyl (C=O) groups is 3. The number of hydrogen-bond donors (Lipinski definition) is 1. The van der Waals surface area contributed by atoms with Crippen LogP contribution in [0.25, 0.3) is 0 Å². The molecule has 1 saturated heterocycles.